The van der Waals surface area contributed by atoms with Gasteiger partial charge in [-0.3, -0.25) is 9.59 Å². The van der Waals surface area contributed by atoms with Crippen LogP contribution in [-0.4, -0.2) is 20.9 Å². The quantitative estimate of drug-likeness (QED) is 0.532. The first-order valence-electron chi connectivity index (χ1n) is 7.90. The fourth-order valence-electron chi connectivity index (χ4n) is 2.98. The molecule has 0 bridgehead atoms. The molecule has 4 rings (SSSR count). The average molecular weight is 429 g/mol. The van der Waals surface area contributed by atoms with E-state index in [1.54, 1.807) is 35.6 Å². The summed E-state index contributed by atoms with van der Waals surface area (Å²) in [5, 5.41) is 15.7. The lowest BCUT2D eigenvalue weighted by Gasteiger charge is -2.09. The highest BCUT2D eigenvalue weighted by Gasteiger charge is 2.14. The summed E-state index contributed by atoms with van der Waals surface area (Å²) in [7, 11) is 0. The van der Waals surface area contributed by atoms with Gasteiger partial charge in [-0.2, -0.15) is 5.10 Å². The van der Waals surface area contributed by atoms with Crippen LogP contribution in [-0.2, 0) is 17.8 Å². The molecular weight excluding hydrogens is 416 g/mol. The van der Waals surface area contributed by atoms with Crippen LogP contribution >= 0.6 is 27.3 Å². The molecule has 0 spiro atoms. The number of carbonyl (C=O) groups is 1. The smallest absolute Gasteiger partial charge is 0.309 e. The van der Waals surface area contributed by atoms with Gasteiger partial charge in [0, 0.05) is 19.4 Å². The van der Waals surface area contributed by atoms with E-state index < -0.39 is 5.97 Å². The van der Waals surface area contributed by atoms with Crippen molar-refractivity contribution in [1.29, 1.82) is 0 Å². The second kappa shape index (κ2) is 6.66. The Labute approximate surface area is 160 Å². The lowest BCUT2D eigenvalue weighted by Crippen LogP contribution is -2.25. The van der Waals surface area contributed by atoms with Crippen molar-refractivity contribution in [2.45, 2.75) is 13.0 Å². The molecule has 1 N–H and O–H groups in total. The molecule has 0 aliphatic rings. The van der Waals surface area contributed by atoms with Gasteiger partial charge < -0.3 is 5.11 Å². The molecule has 0 saturated carbocycles. The zero-order valence-corrected chi connectivity index (χ0v) is 15.9. The number of aliphatic carboxylic acids is 1. The summed E-state index contributed by atoms with van der Waals surface area (Å²) in [5.41, 5.74) is 0.185. The Hall–Kier alpha value is -2.51. The zero-order chi connectivity index (χ0) is 18.3. The first kappa shape index (κ1) is 16.9. The first-order chi connectivity index (χ1) is 12.5. The van der Waals surface area contributed by atoms with Gasteiger partial charge in [-0.15, -0.1) is 11.3 Å². The Morgan fingerprint density at radius 3 is 2.69 bits per heavy atom. The summed E-state index contributed by atoms with van der Waals surface area (Å²) in [6, 6.07) is 15.1. The minimum Gasteiger partial charge on any atom is -0.481 e. The van der Waals surface area contributed by atoms with Crippen molar-refractivity contribution in [1.82, 2.24) is 9.78 Å². The molecule has 7 heteroatoms. The minimum atomic E-state index is -0.973. The Morgan fingerprint density at radius 1 is 1.15 bits per heavy atom. The van der Waals surface area contributed by atoms with Crippen molar-refractivity contribution in [2.24, 2.45) is 0 Å². The molecule has 2 heterocycles. The molecule has 0 atom stereocenters. The van der Waals surface area contributed by atoms with Crippen molar-refractivity contribution < 1.29 is 9.90 Å². The highest BCUT2D eigenvalue weighted by molar-refractivity contribution is 9.10. The molecule has 4 aromatic rings. The highest BCUT2D eigenvalue weighted by Crippen LogP contribution is 2.28. The number of benzene rings is 2. The molecule has 0 saturated heterocycles. The van der Waals surface area contributed by atoms with E-state index >= 15 is 0 Å². The normalized spacial score (nSPS) is 11.3. The van der Waals surface area contributed by atoms with Crippen LogP contribution in [0.25, 0.3) is 20.9 Å². The molecule has 2 aromatic carbocycles. The standard InChI is InChI=1S/C19H13BrN2O3S/c20-12-5-6-17-11(7-12)8-13(26-17)10-22-19(25)15-4-2-1-3-14(15)16(21-22)9-18(23)24/h1-8H,9-10H2,(H,23,24). The van der Waals surface area contributed by atoms with Crippen LogP contribution < -0.4 is 5.56 Å². The summed E-state index contributed by atoms with van der Waals surface area (Å²) in [5.74, 6) is -0.973. The number of carboxylic acids is 1. The number of nitrogens with zero attached hydrogens (tertiary/aromatic N) is 2. The van der Waals surface area contributed by atoms with Gasteiger partial charge in [0.15, 0.2) is 0 Å². The third-order valence-electron chi connectivity index (χ3n) is 4.10. The molecule has 0 unspecified atom stereocenters. The van der Waals surface area contributed by atoms with Gasteiger partial charge in [-0.05, 0) is 35.7 Å². The lowest BCUT2D eigenvalue weighted by molar-refractivity contribution is -0.136. The topological polar surface area (TPSA) is 72.2 Å². The molecule has 2 aromatic heterocycles. The van der Waals surface area contributed by atoms with Crippen LogP contribution in [0.3, 0.4) is 0 Å². The van der Waals surface area contributed by atoms with E-state index in [-0.39, 0.29) is 12.0 Å². The first-order valence-corrected chi connectivity index (χ1v) is 9.51. The van der Waals surface area contributed by atoms with Gasteiger partial charge in [-0.25, -0.2) is 4.68 Å². The number of hydrogen-bond donors (Lipinski definition) is 1. The van der Waals surface area contributed by atoms with Crippen LogP contribution in [0.15, 0.2) is 57.8 Å². The summed E-state index contributed by atoms with van der Waals surface area (Å²) >= 11 is 5.06. The molecule has 0 radical (unpaired) electrons. The van der Waals surface area contributed by atoms with Crippen LogP contribution in [0.5, 0.6) is 0 Å². The van der Waals surface area contributed by atoms with Gasteiger partial charge in [0.1, 0.15) is 0 Å². The van der Waals surface area contributed by atoms with Crippen LogP contribution in [0.1, 0.15) is 10.6 Å². The van der Waals surface area contributed by atoms with Crippen LogP contribution in [0.2, 0.25) is 0 Å². The minimum absolute atomic E-state index is 0.214. The Balaban J connectivity index is 1.83. The third kappa shape index (κ3) is 3.15. The number of rotatable bonds is 4. The SMILES string of the molecule is O=C(O)Cc1nn(Cc2cc3cc(Br)ccc3s2)c(=O)c2ccccc12. The number of fused-ring (bicyclic) bond motifs is 2. The van der Waals surface area contributed by atoms with E-state index in [1.807, 2.05) is 24.3 Å². The molecule has 0 aliphatic heterocycles. The van der Waals surface area contributed by atoms with Crippen molar-refractivity contribution >= 4 is 54.1 Å². The second-order valence-electron chi connectivity index (χ2n) is 5.92. The van der Waals surface area contributed by atoms with Crippen molar-refractivity contribution in [3.63, 3.8) is 0 Å². The number of carboxylic acid groups (broad SMARTS) is 1. The summed E-state index contributed by atoms with van der Waals surface area (Å²) in [6.45, 7) is 0.313. The fourth-order valence-corrected chi connectivity index (χ4v) is 4.39. The fraction of sp³-hybridized carbons (Fsp3) is 0.105. The largest absolute Gasteiger partial charge is 0.481 e. The molecule has 0 fully saturated rings. The summed E-state index contributed by atoms with van der Waals surface area (Å²) < 4.78 is 3.49. The van der Waals surface area contributed by atoms with Gasteiger partial charge in [0.05, 0.1) is 24.0 Å². The maximum absolute atomic E-state index is 12.8. The molecule has 26 heavy (non-hydrogen) atoms. The monoisotopic (exact) mass is 428 g/mol. The molecular formula is C19H13BrN2O3S. The number of aromatic nitrogens is 2. The Bertz CT molecular complexity index is 1210. The van der Waals surface area contributed by atoms with E-state index in [4.69, 9.17) is 5.11 Å². The van der Waals surface area contributed by atoms with Crippen LogP contribution in [0.4, 0.5) is 0 Å². The highest BCUT2D eigenvalue weighted by atomic mass is 79.9. The maximum atomic E-state index is 12.8. The van der Waals surface area contributed by atoms with Crippen LogP contribution in [0, 0.1) is 0 Å². The predicted octanol–water partition coefficient (Wildman–Crippen LogP) is 4.05. The Kier molecular flexibility index (Phi) is 4.34. The average Bonchev–Trinajstić information content (AvgIpc) is 3.00. The molecule has 5 nitrogen and oxygen atoms in total. The van der Waals surface area contributed by atoms with Gasteiger partial charge in [-0.1, -0.05) is 34.1 Å². The van der Waals surface area contributed by atoms with Gasteiger partial charge in [0.25, 0.3) is 5.56 Å². The zero-order valence-electron chi connectivity index (χ0n) is 13.5. The number of halogens is 1. The summed E-state index contributed by atoms with van der Waals surface area (Å²) in [4.78, 5) is 25.0. The van der Waals surface area contributed by atoms with Crippen molar-refractivity contribution in [3.8, 4) is 0 Å². The second-order valence-corrected chi connectivity index (χ2v) is 8.00. The van der Waals surface area contributed by atoms with E-state index in [1.165, 1.54) is 4.68 Å². The lowest BCUT2D eigenvalue weighted by atomic mass is 10.1. The third-order valence-corrected chi connectivity index (χ3v) is 5.69. The maximum Gasteiger partial charge on any atom is 0.309 e. The summed E-state index contributed by atoms with van der Waals surface area (Å²) in [6.07, 6.45) is -0.222. The predicted molar refractivity (Wildman–Crippen MR) is 106 cm³/mol. The van der Waals surface area contributed by atoms with E-state index in [0.717, 1.165) is 19.4 Å². The Morgan fingerprint density at radius 2 is 1.92 bits per heavy atom. The van der Waals surface area contributed by atoms with Gasteiger partial charge >= 0.3 is 5.97 Å². The number of thiophene rings is 1. The van der Waals surface area contributed by atoms with E-state index in [9.17, 15) is 9.59 Å². The van der Waals surface area contributed by atoms with Crippen molar-refractivity contribution in [3.05, 3.63) is 73.9 Å². The number of hydrogen-bond acceptors (Lipinski definition) is 4. The molecule has 130 valence electrons. The van der Waals surface area contributed by atoms with E-state index in [0.29, 0.717) is 23.0 Å². The molecule has 0 aliphatic carbocycles. The van der Waals surface area contributed by atoms with Crippen molar-refractivity contribution in [2.75, 3.05) is 0 Å². The van der Waals surface area contributed by atoms with Gasteiger partial charge in [0.2, 0.25) is 0 Å². The molecule has 0 amide bonds. The van der Waals surface area contributed by atoms with E-state index in [2.05, 4.69) is 21.0 Å².